The Balaban J connectivity index is 1.57. The summed E-state index contributed by atoms with van der Waals surface area (Å²) in [6, 6.07) is 6.40. The van der Waals surface area contributed by atoms with E-state index < -0.39 is 0 Å². The van der Waals surface area contributed by atoms with Gasteiger partial charge in [-0.25, -0.2) is 18.7 Å². The fourth-order valence-electron chi connectivity index (χ4n) is 4.17. The van der Waals surface area contributed by atoms with Gasteiger partial charge in [0.1, 0.15) is 17.5 Å². The molecule has 0 unspecified atom stereocenters. The minimum Gasteiger partial charge on any atom is -0.325 e. The maximum atomic E-state index is 13.5. The van der Waals surface area contributed by atoms with Crippen LogP contribution in [0.1, 0.15) is 29.8 Å². The van der Waals surface area contributed by atoms with Gasteiger partial charge < -0.3 is 5.32 Å². The summed E-state index contributed by atoms with van der Waals surface area (Å²) < 4.78 is 17.3. The molecule has 0 atom stereocenters. The van der Waals surface area contributed by atoms with E-state index in [4.69, 9.17) is 15.5 Å². The van der Waals surface area contributed by atoms with Gasteiger partial charge in [0.2, 0.25) is 0 Å². The number of rotatable bonds is 5. The van der Waals surface area contributed by atoms with Crippen molar-refractivity contribution in [1.29, 1.82) is 5.41 Å². The number of benzene rings is 1. The number of fused-ring (bicyclic) bond motifs is 1. The number of thioether (sulfide) groups is 1. The van der Waals surface area contributed by atoms with Crippen LogP contribution in [0.25, 0.3) is 17.1 Å². The maximum absolute atomic E-state index is 13.5. The molecule has 0 amide bonds. The molecule has 0 saturated heterocycles. The van der Waals surface area contributed by atoms with Gasteiger partial charge in [-0.2, -0.15) is 10.2 Å². The van der Waals surface area contributed by atoms with Crippen molar-refractivity contribution >= 4 is 35.5 Å². The zero-order valence-corrected chi connectivity index (χ0v) is 19.7. The molecule has 0 spiro atoms. The van der Waals surface area contributed by atoms with Gasteiger partial charge in [-0.15, -0.1) is 11.8 Å². The van der Waals surface area contributed by atoms with E-state index in [1.165, 1.54) is 25.0 Å². The molecule has 2 aliphatic rings. The summed E-state index contributed by atoms with van der Waals surface area (Å²) in [5.41, 5.74) is 4.53. The first-order chi connectivity index (χ1) is 15.9. The van der Waals surface area contributed by atoms with Crippen LogP contribution < -0.4 is 5.32 Å². The summed E-state index contributed by atoms with van der Waals surface area (Å²) >= 11 is 1.66. The van der Waals surface area contributed by atoms with Crippen molar-refractivity contribution in [3.05, 3.63) is 53.1 Å². The predicted octanol–water partition coefficient (Wildman–Crippen LogP) is 5.15. The molecular formula is C24H26FN7S. The largest absolute Gasteiger partial charge is 0.325 e. The van der Waals surface area contributed by atoms with Crippen molar-refractivity contribution in [2.45, 2.75) is 44.6 Å². The van der Waals surface area contributed by atoms with Gasteiger partial charge in [0.05, 0.1) is 22.0 Å². The van der Waals surface area contributed by atoms with Gasteiger partial charge in [-0.05, 0) is 63.1 Å². The van der Waals surface area contributed by atoms with Gasteiger partial charge in [0.15, 0.2) is 5.82 Å². The molecule has 1 aliphatic heterocycles. The highest BCUT2D eigenvalue weighted by Crippen LogP contribution is 2.36. The Labute approximate surface area is 196 Å². The lowest BCUT2D eigenvalue weighted by atomic mass is 10.1. The van der Waals surface area contributed by atoms with Crippen molar-refractivity contribution in [3.8, 4) is 11.3 Å². The fraction of sp³-hybridized carbons (Fsp3) is 0.333. The number of nitrogens with zero attached hydrogens (tertiary/aromatic N) is 5. The van der Waals surface area contributed by atoms with Gasteiger partial charge in [-0.3, -0.25) is 5.41 Å². The second-order valence-corrected chi connectivity index (χ2v) is 9.30. The topological polar surface area (TPSA) is 83.9 Å². The van der Waals surface area contributed by atoms with Crippen molar-refractivity contribution in [3.63, 3.8) is 0 Å². The summed E-state index contributed by atoms with van der Waals surface area (Å²) in [6.07, 6.45) is 8.49. The standard InChI is InChI=1S/C24H26FN7S/c1-14-23(33-3)15(2)32(29-14)21-12-20(26)28-24-19(10-11-27-21)22(17-6-8-18(25)9-7-17)30-31(24)13-16-4-5-16/h6-9,11-12,16H,4-5,10,13H2,1-3H3,(H2,26,28)/b21-12+,27-11-. The number of aliphatic imine (C=N–C) groups is 1. The third kappa shape index (κ3) is 4.25. The van der Waals surface area contributed by atoms with Crippen molar-refractivity contribution in [2.75, 3.05) is 11.6 Å². The number of amidine groups is 1. The van der Waals surface area contributed by atoms with E-state index in [1.54, 1.807) is 34.7 Å². The first-order valence-corrected chi connectivity index (χ1v) is 12.2. The van der Waals surface area contributed by atoms with Crippen molar-refractivity contribution in [1.82, 2.24) is 19.6 Å². The lowest BCUT2D eigenvalue weighted by Gasteiger charge is -2.10. The van der Waals surface area contributed by atoms with E-state index in [2.05, 4.69) is 10.4 Å². The summed E-state index contributed by atoms with van der Waals surface area (Å²) in [5, 5.41) is 21.4. The average molecular weight is 464 g/mol. The molecule has 170 valence electrons. The second kappa shape index (κ2) is 8.62. The van der Waals surface area contributed by atoms with E-state index in [-0.39, 0.29) is 11.7 Å². The smallest absolute Gasteiger partial charge is 0.156 e. The molecule has 1 aliphatic carbocycles. The molecule has 0 radical (unpaired) electrons. The van der Waals surface area contributed by atoms with E-state index in [1.807, 2.05) is 31.0 Å². The number of halogens is 1. The van der Waals surface area contributed by atoms with Crippen molar-refractivity contribution < 1.29 is 4.39 Å². The Morgan fingerprint density at radius 1 is 1.18 bits per heavy atom. The highest BCUT2D eigenvalue weighted by Gasteiger charge is 2.27. The molecule has 33 heavy (non-hydrogen) atoms. The minimum absolute atomic E-state index is 0.214. The number of nitrogens with one attached hydrogen (secondary N) is 2. The average Bonchev–Trinajstić information content (AvgIpc) is 3.46. The molecule has 2 aromatic heterocycles. The Hall–Kier alpha value is -3.20. The van der Waals surface area contributed by atoms with E-state index in [0.29, 0.717) is 18.2 Å². The van der Waals surface area contributed by atoms with Crippen LogP contribution in [0.2, 0.25) is 0 Å². The van der Waals surface area contributed by atoms with Crippen LogP contribution in [0.15, 0.2) is 40.2 Å². The molecule has 1 saturated carbocycles. The second-order valence-electron chi connectivity index (χ2n) is 8.48. The molecule has 3 heterocycles. The first-order valence-electron chi connectivity index (χ1n) is 11.0. The minimum atomic E-state index is -0.277. The van der Waals surface area contributed by atoms with Crippen LogP contribution in [0.4, 0.5) is 10.2 Å². The van der Waals surface area contributed by atoms with E-state index in [9.17, 15) is 4.39 Å². The SMILES string of the molecule is CSc1c(C)nn(C2=C/C(=N)Nc3c(c(-c4ccc(F)cc4)nn3CC3CC3)C/C=N\2)c1C. The summed E-state index contributed by atoms with van der Waals surface area (Å²) in [6.45, 7) is 4.79. The molecule has 1 aromatic carbocycles. The van der Waals surface area contributed by atoms with Crippen LogP contribution in [-0.4, -0.2) is 37.9 Å². The molecule has 0 bridgehead atoms. The molecule has 3 aromatic rings. The monoisotopic (exact) mass is 463 g/mol. The quantitative estimate of drug-likeness (QED) is 0.513. The molecular weight excluding hydrogens is 437 g/mol. The number of aryl methyl sites for hydroxylation is 1. The number of anilines is 1. The van der Waals surface area contributed by atoms with Crippen LogP contribution >= 0.6 is 11.8 Å². The van der Waals surface area contributed by atoms with E-state index in [0.717, 1.165) is 45.5 Å². The molecule has 7 nitrogen and oxygen atoms in total. The van der Waals surface area contributed by atoms with Gasteiger partial charge >= 0.3 is 0 Å². The summed E-state index contributed by atoms with van der Waals surface area (Å²) in [4.78, 5) is 5.81. The van der Waals surface area contributed by atoms with Gasteiger partial charge in [0.25, 0.3) is 0 Å². The van der Waals surface area contributed by atoms with Crippen LogP contribution in [-0.2, 0) is 13.0 Å². The highest BCUT2D eigenvalue weighted by molar-refractivity contribution is 7.98. The van der Waals surface area contributed by atoms with Crippen molar-refractivity contribution in [2.24, 2.45) is 10.9 Å². The maximum Gasteiger partial charge on any atom is 0.156 e. The number of hydrogen-bond acceptors (Lipinski definition) is 5. The third-order valence-electron chi connectivity index (χ3n) is 5.99. The molecule has 9 heteroatoms. The lowest BCUT2D eigenvalue weighted by molar-refractivity contribution is 0.571. The number of aromatic nitrogens is 4. The van der Waals surface area contributed by atoms with Gasteiger partial charge in [0, 0.05) is 36.4 Å². The lowest BCUT2D eigenvalue weighted by Crippen LogP contribution is -2.15. The zero-order chi connectivity index (χ0) is 23.1. The Kier molecular flexibility index (Phi) is 5.65. The Bertz CT molecular complexity index is 1280. The molecule has 5 rings (SSSR count). The fourth-order valence-corrected chi connectivity index (χ4v) is 4.89. The van der Waals surface area contributed by atoms with Crippen LogP contribution in [0.3, 0.4) is 0 Å². The Morgan fingerprint density at radius 3 is 2.61 bits per heavy atom. The zero-order valence-electron chi connectivity index (χ0n) is 18.9. The highest BCUT2D eigenvalue weighted by atomic mass is 32.2. The van der Waals surface area contributed by atoms with E-state index >= 15 is 0 Å². The summed E-state index contributed by atoms with van der Waals surface area (Å²) in [5.74, 6) is 1.93. The molecule has 2 N–H and O–H groups in total. The predicted molar refractivity (Wildman–Crippen MR) is 132 cm³/mol. The van der Waals surface area contributed by atoms with Gasteiger partial charge in [-0.1, -0.05) is 0 Å². The Morgan fingerprint density at radius 2 is 1.94 bits per heavy atom. The molecule has 1 fully saturated rings. The van der Waals surface area contributed by atoms with Crippen LogP contribution in [0, 0.1) is 31.0 Å². The third-order valence-corrected chi connectivity index (χ3v) is 6.99. The van der Waals surface area contributed by atoms with Crippen LogP contribution in [0.5, 0.6) is 0 Å². The summed E-state index contributed by atoms with van der Waals surface area (Å²) in [7, 11) is 0. The normalized spacial score (nSPS) is 18.5. The number of hydrogen-bond donors (Lipinski definition) is 2. The first kappa shape index (κ1) is 21.6.